The molecule has 0 aliphatic carbocycles. The molecule has 0 aromatic carbocycles. The van der Waals surface area contributed by atoms with Crippen LogP contribution in [0.25, 0.3) is 0 Å². The summed E-state index contributed by atoms with van der Waals surface area (Å²) in [5, 5.41) is -2.39. The molecule has 0 radical (unpaired) electrons. The van der Waals surface area contributed by atoms with E-state index in [0.29, 0.717) is 0 Å². The van der Waals surface area contributed by atoms with Gasteiger partial charge in [-0.2, -0.15) is 0 Å². The highest BCUT2D eigenvalue weighted by Crippen LogP contribution is 2.30. The summed E-state index contributed by atoms with van der Waals surface area (Å²) in [6.45, 7) is 0. The van der Waals surface area contributed by atoms with Crippen LogP contribution in [0, 0.1) is 0 Å². The number of aldehydes is 1. The standard InChI is InChI=1S/C4H2Cl4O2/c5-2(1-9)4(7,8)3(6)10/h1-2H. The molecule has 0 bridgehead atoms. The highest BCUT2D eigenvalue weighted by atomic mass is 35.5. The molecule has 1 atom stereocenters. The lowest BCUT2D eigenvalue weighted by Crippen LogP contribution is -2.33. The Bertz CT molecular complexity index is 155. The number of carbonyl (C=O) groups excluding carboxylic acids is 2. The summed E-state index contributed by atoms with van der Waals surface area (Å²) in [5.41, 5.74) is 0. The van der Waals surface area contributed by atoms with Gasteiger partial charge in [-0.15, -0.1) is 11.6 Å². The van der Waals surface area contributed by atoms with Crippen LogP contribution in [-0.4, -0.2) is 21.2 Å². The minimum Gasteiger partial charge on any atom is -0.302 e. The van der Waals surface area contributed by atoms with Crippen molar-refractivity contribution in [3.8, 4) is 0 Å². The molecule has 0 aliphatic rings. The molecule has 0 spiro atoms. The van der Waals surface area contributed by atoms with Gasteiger partial charge in [-0.05, 0) is 11.6 Å². The molecule has 0 aromatic rings. The van der Waals surface area contributed by atoms with Crippen molar-refractivity contribution in [2.24, 2.45) is 0 Å². The molecule has 0 N–H and O–H groups in total. The van der Waals surface area contributed by atoms with E-state index in [-0.39, 0.29) is 6.29 Å². The summed E-state index contributed by atoms with van der Waals surface area (Å²) in [5.74, 6) is 0. The van der Waals surface area contributed by atoms with Crippen molar-refractivity contribution < 1.29 is 9.59 Å². The van der Waals surface area contributed by atoms with Crippen LogP contribution in [0.4, 0.5) is 0 Å². The number of rotatable bonds is 3. The van der Waals surface area contributed by atoms with Gasteiger partial charge in [0.1, 0.15) is 11.7 Å². The molecule has 0 heterocycles. The van der Waals surface area contributed by atoms with Crippen LogP contribution >= 0.6 is 46.4 Å². The maximum atomic E-state index is 10.3. The predicted molar refractivity (Wildman–Crippen MR) is 41.0 cm³/mol. The van der Waals surface area contributed by atoms with Gasteiger partial charge in [0.25, 0.3) is 5.24 Å². The van der Waals surface area contributed by atoms with Crippen molar-refractivity contribution in [1.82, 2.24) is 0 Å². The van der Waals surface area contributed by atoms with Crippen LogP contribution in [0.15, 0.2) is 0 Å². The maximum absolute atomic E-state index is 10.3. The zero-order valence-electron chi connectivity index (χ0n) is 4.48. The molecule has 0 amide bonds. The number of hydrogen-bond acceptors (Lipinski definition) is 2. The van der Waals surface area contributed by atoms with E-state index < -0.39 is 15.0 Å². The molecule has 0 aliphatic heterocycles. The average Bonchev–Trinajstić information content (AvgIpc) is 1.86. The van der Waals surface area contributed by atoms with Gasteiger partial charge >= 0.3 is 0 Å². The fourth-order valence-electron chi connectivity index (χ4n) is 0.194. The molecule has 1 unspecified atom stereocenters. The Labute approximate surface area is 77.4 Å². The van der Waals surface area contributed by atoms with Crippen molar-refractivity contribution in [2.45, 2.75) is 9.71 Å². The molecule has 0 rings (SSSR count). The fraction of sp³-hybridized carbons (Fsp3) is 0.500. The van der Waals surface area contributed by atoms with Crippen LogP contribution in [0.3, 0.4) is 0 Å². The van der Waals surface area contributed by atoms with Crippen molar-refractivity contribution in [1.29, 1.82) is 0 Å². The van der Waals surface area contributed by atoms with Crippen LogP contribution in [-0.2, 0) is 9.59 Å². The quantitative estimate of drug-likeness (QED) is 0.415. The van der Waals surface area contributed by atoms with Crippen molar-refractivity contribution in [3.05, 3.63) is 0 Å². The first kappa shape index (κ1) is 10.5. The topological polar surface area (TPSA) is 34.1 Å². The van der Waals surface area contributed by atoms with Crippen LogP contribution in [0.2, 0.25) is 0 Å². The molecule has 0 saturated heterocycles. The lowest BCUT2D eigenvalue weighted by Gasteiger charge is -2.14. The first-order chi connectivity index (χ1) is 4.42. The molecular weight excluding hydrogens is 222 g/mol. The molecule has 6 heteroatoms. The first-order valence-corrected chi connectivity index (χ1v) is 3.67. The smallest absolute Gasteiger partial charge is 0.259 e. The van der Waals surface area contributed by atoms with Gasteiger partial charge in [0.05, 0.1) is 0 Å². The monoisotopic (exact) mass is 222 g/mol. The summed E-state index contributed by atoms with van der Waals surface area (Å²) >= 11 is 20.6. The van der Waals surface area contributed by atoms with E-state index in [0.717, 1.165) is 0 Å². The molecule has 58 valence electrons. The van der Waals surface area contributed by atoms with Crippen LogP contribution in [0.5, 0.6) is 0 Å². The van der Waals surface area contributed by atoms with Crippen molar-refractivity contribution in [3.63, 3.8) is 0 Å². The Morgan fingerprint density at radius 3 is 2.00 bits per heavy atom. The summed E-state index contributed by atoms with van der Waals surface area (Å²) in [7, 11) is 0. The van der Waals surface area contributed by atoms with E-state index in [1.807, 2.05) is 0 Å². The third-order valence-corrected chi connectivity index (χ3v) is 2.69. The normalized spacial score (nSPS) is 14.4. The summed E-state index contributed by atoms with van der Waals surface area (Å²) in [6.07, 6.45) is 0.238. The van der Waals surface area contributed by atoms with Gasteiger partial charge in [0.15, 0.2) is 0 Å². The minimum absolute atomic E-state index is 0.238. The Hall–Kier alpha value is 0.500. The first-order valence-electron chi connectivity index (χ1n) is 2.10. The Balaban J connectivity index is 4.38. The van der Waals surface area contributed by atoms with E-state index in [2.05, 4.69) is 0 Å². The Morgan fingerprint density at radius 2 is 1.90 bits per heavy atom. The van der Waals surface area contributed by atoms with E-state index in [1.54, 1.807) is 0 Å². The number of alkyl halides is 3. The lowest BCUT2D eigenvalue weighted by atomic mass is 10.3. The van der Waals surface area contributed by atoms with Gasteiger partial charge in [0, 0.05) is 0 Å². The summed E-state index contributed by atoms with van der Waals surface area (Å²) < 4.78 is -2.02. The summed E-state index contributed by atoms with van der Waals surface area (Å²) in [4.78, 5) is 20.3. The highest BCUT2D eigenvalue weighted by molar-refractivity contribution is 6.80. The van der Waals surface area contributed by atoms with Gasteiger partial charge < -0.3 is 4.79 Å². The average molecular weight is 224 g/mol. The summed E-state index contributed by atoms with van der Waals surface area (Å²) in [6, 6.07) is 0. The van der Waals surface area contributed by atoms with Crippen molar-refractivity contribution in [2.75, 3.05) is 0 Å². The molecule has 0 aromatic heterocycles. The Kier molecular flexibility index (Phi) is 3.95. The van der Waals surface area contributed by atoms with Gasteiger partial charge in [-0.3, -0.25) is 4.79 Å². The number of carbonyl (C=O) groups is 2. The molecule has 10 heavy (non-hydrogen) atoms. The zero-order chi connectivity index (χ0) is 8.36. The molecule has 2 nitrogen and oxygen atoms in total. The second-order valence-electron chi connectivity index (χ2n) is 1.43. The van der Waals surface area contributed by atoms with Gasteiger partial charge in [-0.1, -0.05) is 23.2 Å². The van der Waals surface area contributed by atoms with E-state index in [1.165, 1.54) is 0 Å². The molecule has 0 saturated carbocycles. The van der Waals surface area contributed by atoms with Gasteiger partial charge in [0.2, 0.25) is 4.33 Å². The predicted octanol–water partition coefficient (Wildman–Crippen LogP) is 1.73. The third-order valence-electron chi connectivity index (χ3n) is 0.728. The maximum Gasteiger partial charge on any atom is 0.259 e. The highest BCUT2D eigenvalue weighted by Gasteiger charge is 2.40. The van der Waals surface area contributed by atoms with E-state index in [9.17, 15) is 9.59 Å². The van der Waals surface area contributed by atoms with Crippen LogP contribution in [0.1, 0.15) is 0 Å². The van der Waals surface area contributed by atoms with E-state index in [4.69, 9.17) is 46.4 Å². The second kappa shape index (κ2) is 3.77. The van der Waals surface area contributed by atoms with Crippen molar-refractivity contribution >= 4 is 57.9 Å². The van der Waals surface area contributed by atoms with E-state index >= 15 is 0 Å². The molecule has 0 fully saturated rings. The third kappa shape index (κ3) is 2.27. The molecular formula is C4H2Cl4O2. The lowest BCUT2D eigenvalue weighted by molar-refractivity contribution is -0.115. The number of hydrogen-bond donors (Lipinski definition) is 0. The van der Waals surface area contributed by atoms with Crippen LogP contribution < -0.4 is 0 Å². The SMILES string of the molecule is O=CC(Cl)C(Cl)(Cl)C(=O)Cl. The second-order valence-corrected chi connectivity index (χ2v) is 3.63. The Morgan fingerprint density at radius 1 is 1.50 bits per heavy atom. The minimum atomic E-state index is -2.02. The zero-order valence-corrected chi connectivity index (χ0v) is 7.51. The number of halogens is 4. The fourth-order valence-corrected chi connectivity index (χ4v) is 0.569. The van der Waals surface area contributed by atoms with Gasteiger partial charge in [-0.25, -0.2) is 0 Å². The largest absolute Gasteiger partial charge is 0.302 e.